The van der Waals surface area contributed by atoms with E-state index in [1.54, 1.807) is 13.1 Å². The first-order valence-corrected chi connectivity index (χ1v) is 5.51. The van der Waals surface area contributed by atoms with E-state index >= 15 is 0 Å². The van der Waals surface area contributed by atoms with E-state index in [4.69, 9.17) is 0 Å². The summed E-state index contributed by atoms with van der Waals surface area (Å²) in [5, 5.41) is 3.09. The molecule has 0 aliphatic carbocycles. The molecule has 0 unspecified atom stereocenters. The van der Waals surface area contributed by atoms with E-state index in [0.29, 0.717) is 5.69 Å². The molecule has 90 valence electrons. The molecule has 2 aromatic rings. The van der Waals surface area contributed by atoms with Gasteiger partial charge < -0.3 is 5.32 Å². The summed E-state index contributed by atoms with van der Waals surface area (Å²) in [6, 6.07) is 3.99. The zero-order valence-corrected chi connectivity index (χ0v) is 10.0. The van der Waals surface area contributed by atoms with Crippen LogP contribution in [0.1, 0.15) is 25.5 Å². The van der Waals surface area contributed by atoms with Crippen LogP contribution in [0.3, 0.4) is 0 Å². The molecule has 0 fully saturated rings. The van der Waals surface area contributed by atoms with Gasteiger partial charge in [-0.05, 0) is 24.1 Å². The number of nitrogens with zero attached hydrogens (tertiary/aromatic N) is 1. The summed E-state index contributed by atoms with van der Waals surface area (Å²) in [7, 11) is 1.68. The largest absolute Gasteiger partial charge is 0.387 e. The van der Waals surface area contributed by atoms with Crippen LogP contribution in [-0.2, 0) is 0 Å². The Kier molecular flexibility index (Phi) is 2.96. The van der Waals surface area contributed by atoms with Crippen molar-refractivity contribution in [3.63, 3.8) is 0 Å². The lowest BCUT2D eigenvalue weighted by molar-refractivity contribution is 0.614. The highest BCUT2D eigenvalue weighted by molar-refractivity contribution is 5.92. The van der Waals surface area contributed by atoms with Crippen LogP contribution < -0.4 is 5.32 Å². The lowest BCUT2D eigenvalue weighted by atomic mass is 10.1. The summed E-state index contributed by atoms with van der Waals surface area (Å²) in [6.45, 7) is 3.93. The topological polar surface area (TPSA) is 24.9 Å². The molecule has 17 heavy (non-hydrogen) atoms. The Hall–Kier alpha value is -1.71. The maximum absolute atomic E-state index is 13.7. The Morgan fingerprint density at radius 2 is 1.82 bits per heavy atom. The zero-order chi connectivity index (χ0) is 12.6. The fraction of sp³-hybridized carbons (Fsp3) is 0.308. The average Bonchev–Trinajstić information content (AvgIpc) is 2.32. The number of nitrogens with one attached hydrogen (secondary N) is 1. The number of fused-ring (bicyclic) bond motifs is 1. The first-order valence-electron chi connectivity index (χ1n) is 5.51. The van der Waals surface area contributed by atoms with Crippen molar-refractivity contribution in [2.24, 2.45) is 0 Å². The Labute approximate surface area is 98.7 Å². The van der Waals surface area contributed by atoms with Gasteiger partial charge in [0.25, 0.3) is 0 Å². The van der Waals surface area contributed by atoms with Crippen molar-refractivity contribution in [3.8, 4) is 0 Å². The van der Waals surface area contributed by atoms with Crippen LogP contribution in [0.15, 0.2) is 18.2 Å². The summed E-state index contributed by atoms with van der Waals surface area (Å²) in [6.07, 6.45) is 0. The van der Waals surface area contributed by atoms with Gasteiger partial charge in [-0.2, -0.15) is 0 Å². The molecule has 4 heteroatoms. The summed E-state index contributed by atoms with van der Waals surface area (Å²) < 4.78 is 27.4. The van der Waals surface area contributed by atoms with Crippen molar-refractivity contribution in [3.05, 3.63) is 35.5 Å². The van der Waals surface area contributed by atoms with E-state index < -0.39 is 11.6 Å². The molecule has 1 aromatic carbocycles. The zero-order valence-electron chi connectivity index (χ0n) is 10.0. The van der Waals surface area contributed by atoms with Gasteiger partial charge in [0.15, 0.2) is 0 Å². The number of anilines is 1. The van der Waals surface area contributed by atoms with Gasteiger partial charge in [0, 0.05) is 18.4 Å². The highest BCUT2D eigenvalue weighted by atomic mass is 19.1. The minimum absolute atomic E-state index is 0.0838. The first kappa shape index (κ1) is 11.8. The van der Waals surface area contributed by atoms with Crippen LogP contribution in [0.4, 0.5) is 14.5 Å². The van der Waals surface area contributed by atoms with Gasteiger partial charge in [0.2, 0.25) is 0 Å². The second kappa shape index (κ2) is 4.28. The smallest absolute Gasteiger partial charge is 0.149 e. The molecule has 0 amide bonds. The molecule has 0 aliphatic heterocycles. The highest BCUT2D eigenvalue weighted by Crippen LogP contribution is 2.29. The molecular formula is C13H14F2N2. The summed E-state index contributed by atoms with van der Waals surface area (Å²) in [4.78, 5) is 4.19. The van der Waals surface area contributed by atoms with Gasteiger partial charge in [0.05, 0.1) is 5.39 Å². The summed E-state index contributed by atoms with van der Waals surface area (Å²) in [5.41, 5.74) is 1.39. The third-order valence-corrected chi connectivity index (χ3v) is 2.74. The molecule has 0 bridgehead atoms. The van der Waals surface area contributed by atoms with Crippen LogP contribution >= 0.6 is 0 Å². The Morgan fingerprint density at radius 3 is 2.41 bits per heavy atom. The predicted octanol–water partition coefficient (Wildman–Crippen LogP) is 3.68. The van der Waals surface area contributed by atoms with E-state index in [2.05, 4.69) is 10.3 Å². The molecule has 1 aromatic heterocycles. The third-order valence-electron chi connectivity index (χ3n) is 2.74. The normalized spacial score (nSPS) is 11.2. The Balaban J connectivity index is 2.87. The minimum Gasteiger partial charge on any atom is -0.387 e. The van der Waals surface area contributed by atoms with Crippen molar-refractivity contribution < 1.29 is 8.78 Å². The number of benzene rings is 1. The van der Waals surface area contributed by atoms with Gasteiger partial charge in [0.1, 0.15) is 17.2 Å². The molecule has 2 nitrogen and oxygen atoms in total. The second-order valence-electron chi connectivity index (χ2n) is 4.25. The van der Waals surface area contributed by atoms with Crippen molar-refractivity contribution in [1.82, 2.24) is 4.98 Å². The molecular weight excluding hydrogens is 222 g/mol. The van der Waals surface area contributed by atoms with Crippen molar-refractivity contribution in [1.29, 1.82) is 0 Å². The van der Waals surface area contributed by atoms with E-state index in [9.17, 15) is 8.78 Å². The van der Waals surface area contributed by atoms with Crippen LogP contribution in [0.2, 0.25) is 0 Å². The van der Waals surface area contributed by atoms with Crippen molar-refractivity contribution >= 4 is 16.6 Å². The van der Waals surface area contributed by atoms with Crippen molar-refractivity contribution in [2.45, 2.75) is 19.8 Å². The van der Waals surface area contributed by atoms with Gasteiger partial charge in [-0.1, -0.05) is 13.8 Å². The molecule has 0 aliphatic rings. The summed E-state index contributed by atoms with van der Waals surface area (Å²) >= 11 is 0. The second-order valence-corrected chi connectivity index (χ2v) is 4.25. The maximum atomic E-state index is 13.7. The van der Waals surface area contributed by atoms with E-state index in [1.807, 2.05) is 13.8 Å². The Morgan fingerprint density at radius 1 is 1.18 bits per heavy atom. The van der Waals surface area contributed by atoms with Gasteiger partial charge in [-0.15, -0.1) is 0 Å². The van der Waals surface area contributed by atoms with Crippen LogP contribution in [-0.4, -0.2) is 12.0 Å². The first-order chi connectivity index (χ1) is 8.04. The number of halogens is 2. The molecule has 0 saturated heterocycles. The molecule has 1 N–H and O–H groups in total. The quantitative estimate of drug-likeness (QED) is 0.860. The van der Waals surface area contributed by atoms with Gasteiger partial charge in [-0.25, -0.2) is 13.8 Å². The number of aromatic nitrogens is 1. The van der Waals surface area contributed by atoms with Crippen LogP contribution in [0.5, 0.6) is 0 Å². The molecule has 0 spiro atoms. The van der Waals surface area contributed by atoms with Crippen LogP contribution in [0.25, 0.3) is 10.9 Å². The molecule has 0 radical (unpaired) electrons. The molecule has 0 atom stereocenters. The predicted molar refractivity (Wildman–Crippen MR) is 65.3 cm³/mol. The van der Waals surface area contributed by atoms with Gasteiger partial charge >= 0.3 is 0 Å². The fourth-order valence-electron chi connectivity index (χ4n) is 1.78. The molecule has 2 rings (SSSR count). The van der Waals surface area contributed by atoms with E-state index in [0.717, 1.165) is 17.8 Å². The standard InChI is InChI=1S/C13H14F2N2/c1-7(2)10-6-11(16-3)12-8(14)4-5-9(15)13(12)17-10/h4-7H,1-3H3,(H,16,17). The fourth-order valence-corrected chi connectivity index (χ4v) is 1.78. The number of hydrogen-bond donors (Lipinski definition) is 1. The third kappa shape index (κ3) is 1.95. The maximum Gasteiger partial charge on any atom is 0.149 e. The lowest BCUT2D eigenvalue weighted by Gasteiger charge is -2.12. The molecule has 0 saturated carbocycles. The van der Waals surface area contributed by atoms with Crippen LogP contribution in [0, 0.1) is 11.6 Å². The number of pyridine rings is 1. The van der Waals surface area contributed by atoms with Gasteiger partial charge in [-0.3, -0.25) is 0 Å². The molecule has 1 heterocycles. The highest BCUT2D eigenvalue weighted by Gasteiger charge is 2.14. The van der Waals surface area contributed by atoms with E-state index in [-0.39, 0.29) is 16.8 Å². The average molecular weight is 236 g/mol. The van der Waals surface area contributed by atoms with Crippen molar-refractivity contribution in [2.75, 3.05) is 12.4 Å². The lowest BCUT2D eigenvalue weighted by Crippen LogP contribution is -2.01. The van der Waals surface area contributed by atoms with E-state index in [1.165, 1.54) is 0 Å². The number of hydrogen-bond acceptors (Lipinski definition) is 2. The SMILES string of the molecule is CNc1cc(C(C)C)nc2c(F)ccc(F)c12. The Bertz CT molecular complexity index is 565. The minimum atomic E-state index is -0.500. The summed E-state index contributed by atoms with van der Waals surface area (Å²) in [5.74, 6) is -0.803. The number of rotatable bonds is 2. The monoisotopic (exact) mass is 236 g/mol.